The van der Waals surface area contributed by atoms with E-state index in [4.69, 9.17) is 0 Å². The molecule has 6 nitrogen and oxygen atoms in total. The number of guanidine groups is 1. The molecule has 1 aromatic rings. The van der Waals surface area contributed by atoms with Gasteiger partial charge >= 0.3 is 0 Å². The molecule has 112 valence electrons. The largest absolute Gasteiger partial charge is 0.353 e. The highest BCUT2D eigenvalue weighted by molar-refractivity contribution is 5.80. The van der Waals surface area contributed by atoms with Gasteiger partial charge in [0.05, 0.1) is 11.5 Å². The second-order valence-corrected chi connectivity index (χ2v) is 4.93. The molecule has 0 bridgehead atoms. The van der Waals surface area contributed by atoms with E-state index in [2.05, 4.69) is 21.8 Å². The number of nitro benzene ring substituents is 1. The normalized spacial score (nSPS) is 15.0. The third-order valence-electron chi connectivity index (χ3n) is 3.37. The predicted octanol–water partition coefficient (Wildman–Crippen LogP) is 2.32. The summed E-state index contributed by atoms with van der Waals surface area (Å²) in [6.45, 7) is 6.92. The van der Waals surface area contributed by atoms with Crippen LogP contribution in [-0.4, -0.2) is 35.4 Å². The second-order valence-electron chi connectivity index (χ2n) is 4.93. The summed E-state index contributed by atoms with van der Waals surface area (Å²) >= 11 is 0. The number of aliphatic imine (C=N–C) groups is 1. The third-order valence-corrected chi connectivity index (χ3v) is 3.37. The number of likely N-dealkylation sites (tertiary alicyclic amines) is 1. The van der Waals surface area contributed by atoms with Crippen molar-refractivity contribution in [1.82, 2.24) is 10.2 Å². The van der Waals surface area contributed by atoms with Crippen LogP contribution in [0.1, 0.15) is 18.4 Å². The number of hydrogen-bond acceptors (Lipinski definition) is 3. The summed E-state index contributed by atoms with van der Waals surface area (Å²) in [6, 6.07) is 6.52. The van der Waals surface area contributed by atoms with Gasteiger partial charge in [-0.3, -0.25) is 10.1 Å². The van der Waals surface area contributed by atoms with E-state index < -0.39 is 4.92 Å². The highest BCUT2D eigenvalue weighted by Crippen LogP contribution is 2.13. The standard InChI is InChI=1S/C15H20N4O2/c1-2-9-16-15(18-10-3-4-11-18)17-12-13-5-7-14(8-6-13)19(20)21/h2,5-8H,1,3-4,9-12H2,(H,16,17). The Labute approximate surface area is 124 Å². The fraction of sp³-hybridized carbons (Fsp3) is 0.400. The van der Waals surface area contributed by atoms with E-state index in [1.54, 1.807) is 18.2 Å². The topological polar surface area (TPSA) is 70.8 Å². The zero-order chi connectivity index (χ0) is 15.1. The Bertz CT molecular complexity index is 519. The molecular formula is C15H20N4O2. The molecule has 1 heterocycles. The first-order chi connectivity index (χ1) is 10.2. The molecule has 0 saturated carbocycles. The molecule has 1 aliphatic rings. The first-order valence-corrected chi connectivity index (χ1v) is 7.08. The molecule has 2 rings (SSSR count). The van der Waals surface area contributed by atoms with Crippen LogP contribution in [0.25, 0.3) is 0 Å². The van der Waals surface area contributed by atoms with Crippen LogP contribution in [0, 0.1) is 10.1 Å². The fourth-order valence-electron chi connectivity index (χ4n) is 2.25. The van der Waals surface area contributed by atoms with Crippen molar-refractivity contribution in [1.29, 1.82) is 0 Å². The second kappa shape index (κ2) is 7.42. The summed E-state index contributed by atoms with van der Waals surface area (Å²) in [5.41, 5.74) is 1.06. The molecule has 1 saturated heterocycles. The van der Waals surface area contributed by atoms with Gasteiger partial charge in [0.2, 0.25) is 0 Å². The molecule has 21 heavy (non-hydrogen) atoms. The lowest BCUT2D eigenvalue weighted by atomic mass is 10.2. The first kappa shape index (κ1) is 15.0. The van der Waals surface area contributed by atoms with Gasteiger partial charge in [0.1, 0.15) is 0 Å². The molecule has 0 spiro atoms. The van der Waals surface area contributed by atoms with Gasteiger partial charge in [-0.25, -0.2) is 4.99 Å². The minimum Gasteiger partial charge on any atom is -0.353 e. The maximum atomic E-state index is 10.6. The predicted molar refractivity (Wildman–Crippen MR) is 83.2 cm³/mol. The number of hydrogen-bond donors (Lipinski definition) is 1. The third kappa shape index (κ3) is 4.30. The molecule has 1 aliphatic heterocycles. The number of nitrogens with zero attached hydrogens (tertiary/aromatic N) is 3. The zero-order valence-electron chi connectivity index (χ0n) is 12.0. The lowest BCUT2D eigenvalue weighted by molar-refractivity contribution is -0.384. The van der Waals surface area contributed by atoms with Crippen molar-refractivity contribution in [2.45, 2.75) is 19.4 Å². The molecule has 0 unspecified atom stereocenters. The maximum absolute atomic E-state index is 10.6. The molecule has 0 amide bonds. The average Bonchev–Trinajstić information content (AvgIpc) is 3.02. The number of non-ortho nitro benzene ring substituents is 1. The van der Waals surface area contributed by atoms with E-state index in [0.29, 0.717) is 13.1 Å². The van der Waals surface area contributed by atoms with Crippen molar-refractivity contribution >= 4 is 11.6 Å². The molecule has 1 aromatic carbocycles. The van der Waals surface area contributed by atoms with Crippen LogP contribution in [0.2, 0.25) is 0 Å². The molecule has 0 atom stereocenters. The minimum atomic E-state index is -0.394. The van der Waals surface area contributed by atoms with Crippen LogP contribution in [0.15, 0.2) is 41.9 Å². The van der Waals surface area contributed by atoms with Crippen LogP contribution in [0.4, 0.5) is 5.69 Å². The lowest BCUT2D eigenvalue weighted by Gasteiger charge is -2.20. The summed E-state index contributed by atoms with van der Waals surface area (Å²) in [6.07, 6.45) is 4.18. The number of nitro groups is 1. The molecule has 0 aliphatic carbocycles. The van der Waals surface area contributed by atoms with E-state index in [1.165, 1.54) is 25.0 Å². The average molecular weight is 288 g/mol. The summed E-state index contributed by atoms with van der Waals surface area (Å²) < 4.78 is 0. The van der Waals surface area contributed by atoms with Gasteiger partial charge in [0, 0.05) is 31.8 Å². The Hall–Kier alpha value is -2.37. The summed E-state index contributed by atoms with van der Waals surface area (Å²) in [4.78, 5) is 17.1. The van der Waals surface area contributed by atoms with Gasteiger partial charge in [-0.1, -0.05) is 18.2 Å². The number of benzene rings is 1. The highest BCUT2D eigenvalue weighted by Gasteiger charge is 2.15. The quantitative estimate of drug-likeness (QED) is 0.297. The fourth-order valence-corrected chi connectivity index (χ4v) is 2.25. The molecule has 0 radical (unpaired) electrons. The maximum Gasteiger partial charge on any atom is 0.269 e. The van der Waals surface area contributed by atoms with Crippen LogP contribution in [-0.2, 0) is 6.54 Å². The van der Waals surface area contributed by atoms with Gasteiger partial charge in [-0.2, -0.15) is 0 Å². The summed E-state index contributed by atoms with van der Waals surface area (Å²) in [7, 11) is 0. The van der Waals surface area contributed by atoms with Crippen molar-refractivity contribution in [2.24, 2.45) is 4.99 Å². The highest BCUT2D eigenvalue weighted by atomic mass is 16.6. The number of rotatable bonds is 5. The summed E-state index contributed by atoms with van der Waals surface area (Å²) in [5, 5.41) is 13.9. The van der Waals surface area contributed by atoms with Crippen molar-refractivity contribution in [3.8, 4) is 0 Å². The van der Waals surface area contributed by atoms with E-state index in [9.17, 15) is 10.1 Å². The Balaban J connectivity index is 2.03. The number of nitrogens with one attached hydrogen (secondary N) is 1. The smallest absolute Gasteiger partial charge is 0.269 e. The van der Waals surface area contributed by atoms with Crippen LogP contribution in [0.5, 0.6) is 0 Å². The van der Waals surface area contributed by atoms with Crippen molar-refractivity contribution in [3.63, 3.8) is 0 Å². The van der Waals surface area contributed by atoms with Gasteiger partial charge in [-0.15, -0.1) is 6.58 Å². The van der Waals surface area contributed by atoms with E-state index in [0.717, 1.165) is 24.6 Å². The van der Waals surface area contributed by atoms with E-state index >= 15 is 0 Å². The van der Waals surface area contributed by atoms with E-state index in [-0.39, 0.29) is 5.69 Å². The zero-order valence-corrected chi connectivity index (χ0v) is 12.0. The van der Waals surface area contributed by atoms with Crippen LogP contribution >= 0.6 is 0 Å². The monoisotopic (exact) mass is 288 g/mol. The van der Waals surface area contributed by atoms with Gasteiger partial charge in [0.15, 0.2) is 5.96 Å². The Morgan fingerprint density at radius 3 is 2.62 bits per heavy atom. The minimum absolute atomic E-state index is 0.104. The lowest BCUT2D eigenvalue weighted by Crippen LogP contribution is -2.39. The van der Waals surface area contributed by atoms with Gasteiger partial charge < -0.3 is 10.2 Å². The van der Waals surface area contributed by atoms with E-state index in [1.807, 2.05) is 0 Å². The van der Waals surface area contributed by atoms with Gasteiger partial charge in [-0.05, 0) is 18.4 Å². The Morgan fingerprint density at radius 2 is 2.05 bits per heavy atom. The molecule has 6 heteroatoms. The van der Waals surface area contributed by atoms with Crippen molar-refractivity contribution < 1.29 is 4.92 Å². The Kier molecular flexibility index (Phi) is 5.31. The van der Waals surface area contributed by atoms with Crippen LogP contribution in [0.3, 0.4) is 0 Å². The van der Waals surface area contributed by atoms with Crippen molar-refractivity contribution in [3.05, 3.63) is 52.6 Å². The first-order valence-electron chi connectivity index (χ1n) is 7.08. The SMILES string of the molecule is C=CCNC(=NCc1ccc([N+](=O)[O-])cc1)N1CCCC1. The molecular weight excluding hydrogens is 268 g/mol. The van der Waals surface area contributed by atoms with Crippen LogP contribution < -0.4 is 5.32 Å². The van der Waals surface area contributed by atoms with Crippen molar-refractivity contribution in [2.75, 3.05) is 19.6 Å². The summed E-state index contributed by atoms with van der Waals surface area (Å²) in [5.74, 6) is 0.880. The Morgan fingerprint density at radius 1 is 1.38 bits per heavy atom. The molecule has 0 aromatic heterocycles. The molecule has 1 N–H and O–H groups in total. The van der Waals surface area contributed by atoms with Gasteiger partial charge in [0.25, 0.3) is 5.69 Å². The molecule has 1 fully saturated rings.